The van der Waals surface area contributed by atoms with Gasteiger partial charge in [-0.05, 0) is 56.4 Å². The molecule has 0 aromatic heterocycles. The van der Waals surface area contributed by atoms with E-state index in [4.69, 9.17) is 24.0 Å². The third-order valence-corrected chi connectivity index (χ3v) is 10.7. The number of phosphoric ester groups is 1. The van der Waals surface area contributed by atoms with E-state index in [-0.39, 0.29) is 26.2 Å². The Labute approximate surface area is 345 Å². The van der Waals surface area contributed by atoms with Crippen LogP contribution in [0.15, 0.2) is 24.3 Å². The average molecular weight is 826 g/mol. The second kappa shape index (κ2) is 36.6. The number of unbranched alkanes of at least 4 members (excludes halogenated alkanes) is 25. The van der Waals surface area contributed by atoms with Crippen LogP contribution in [0, 0.1) is 0 Å². The second-order valence-electron chi connectivity index (χ2n) is 15.5. The molecule has 0 aliphatic carbocycles. The van der Waals surface area contributed by atoms with Crippen LogP contribution in [-0.4, -0.2) is 60.1 Å². The molecule has 0 unspecified atom stereocenters. The van der Waals surface area contributed by atoms with Crippen LogP contribution in [0.2, 0.25) is 0 Å². The van der Waals surface area contributed by atoms with Crippen LogP contribution < -0.4 is 10.1 Å². The van der Waals surface area contributed by atoms with Gasteiger partial charge in [0, 0.05) is 5.56 Å². The molecule has 0 aliphatic rings. The van der Waals surface area contributed by atoms with Gasteiger partial charge in [0.2, 0.25) is 0 Å². The number of amides is 1. The van der Waals surface area contributed by atoms with Crippen molar-refractivity contribution in [2.75, 3.05) is 26.4 Å². The summed E-state index contributed by atoms with van der Waals surface area (Å²) in [7, 11) is -4.42. The number of carbonyl (C=O) groups excluding carboxylic acids is 3. The summed E-state index contributed by atoms with van der Waals surface area (Å²) in [6.07, 6.45) is 31.5. The first-order chi connectivity index (χ1) is 27.7. The highest BCUT2D eigenvalue weighted by atomic mass is 31.2. The zero-order valence-corrected chi connectivity index (χ0v) is 36.7. The van der Waals surface area contributed by atoms with Crippen molar-refractivity contribution < 1.29 is 47.5 Å². The summed E-state index contributed by atoms with van der Waals surface area (Å²) >= 11 is 0. The minimum atomic E-state index is -4.42. The zero-order chi connectivity index (χ0) is 41.7. The molecule has 0 radical (unpaired) electrons. The van der Waals surface area contributed by atoms with Gasteiger partial charge in [-0.3, -0.25) is 14.1 Å². The first-order valence-electron chi connectivity index (χ1n) is 22.7. The SMILES string of the molecule is CCCCCCCCCCCCCCOC(=O)C[C@H](NC(=O)c1ccc(OCCCCCCOP(=O)(O)O)cc1)C(=O)OCCCCCCCCCCCCCC. The normalized spacial score (nSPS) is 12.0. The predicted octanol–water partition coefficient (Wildman–Crippen LogP) is 11.7. The maximum Gasteiger partial charge on any atom is 0.469 e. The lowest BCUT2D eigenvalue weighted by atomic mass is 10.1. The van der Waals surface area contributed by atoms with Crippen molar-refractivity contribution in [1.29, 1.82) is 0 Å². The summed E-state index contributed by atoms with van der Waals surface area (Å²) in [4.78, 5) is 56.6. The number of benzene rings is 1. The largest absolute Gasteiger partial charge is 0.494 e. The standard InChI is InChI=1S/C45H80NO10P/c1-3-5-7-9-11-13-15-17-19-21-23-28-36-54-43(47)39-42(45(49)55-37-29-24-22-20-18-16-14-12-10-8-6-4-2)46-44(48)40-31-33-41(34-32-40)53-35-27-25-26-30-38-56-57(50,51)52/h31-34,42H,3-30,35-39H2,1-2H3,(H,46,48)(H2,50,51,52)/t42-/m0/s1. The summed E-state index contributed by atoms with van der Waals surface area (Å²) in [6, 6.07) is 5.39. The highest BCUT2D eigenvalue weighted by Gasteiger charge is 2.27. The molecule has 3 N–H and O–H groups in total. The Bertz CT molecular complexity index is 1180. The number of nitrogens with one attached hydrogen (secondary N) is 1. The van der Waals surface area contributed by atoms with Crippen LogP contribution in [0.3, 0.4) is 0 Å². The summed E-state index contributed by atoms with van der Waals surface area (Å²) in [6.45, 7) is 5.46. The first kappa shape index (κ1) is 52.6. The van der Waals surface area contributed by atoms with Crippen molar-refractivity contribution in [1.82, 2.24) is 5.32 Å². The summed E-state index contributed by atoms with van der Waals surface area (Å²) < 4.78 is 32.0. The van der Waals surface area contributed by atoms with E-state index in [1.165, 1.54) is 116 Å². The highest BCUT2D eigenvalue weighted by molar-refractivity contribution is 7.46. The van der Waals surface area contributed by atoms with Crippen LogP contribution >= 0.6 is 7.82 Å². The quantitative estimate of drug-likeness (QED) is 0.0330. The number of hydrogen-bond donors (Lipinski definition) is 3. The third-order valence-electron chi connectivity index (χ3n) is 10.1. The number of hydrogen-bond acceptors (Lipinski definition) is 8. The highest BCUT2D eigenvalue weighted by Crippen LogP contribution is 2.35. The van der Waals surface area contributed by atoms with Gasteiger partial charge in [0.1, 0.15) is 11.8 Å². The van der Waals surface area contributed by atoms with E-state index in [0.717, 1.165) is 57.8 Å². The zero-order valence-electron chi connectivity index (χ0n) is 35.8. The number of carbonyl (C=O) groups is 3. The molecule has 0 saturated heterocycles. The van der Waals surface area contributed by atoms with E-state index in [2.05, 4.69) is 23.7 Å². The Morgan fingerprint density at radius 3 is 1.37 bits per heavy atom. The summed E-state index contributed by atoms with van der Waals surface area (Å²) in [5.41, 5.74) is 0.316. The molecule has 11 nitrogen and oxygen atoms in total. The van der Waals surface area contributed by atoms with Crippen LogP contribution in [-0.2, 0) is 28.2 Å². The topological polar surface area (TPSA) is 158 Å². The van der Waals surface area contributed by atoms with Gasteiger partial charge in [0.15, 0.2) is 0 Å². The molecule has 1 aromatic carbocycles. The minimum Gasteiger partial charge on any atom is -0.494 e. The van der Waals surface area contributed by atoms with Crippen molar-refractivity contribution >= 4 is 25.7 Å². The minimum absolute atomic E-state index is 0.00728. The molecule has 0 bridgehead atoms. The molecule has 0 saturated carbocycles. The number of esters is 2. The van der Waals surface area contributed by atoms with Crippen molar-refractivity contribution in [2.24, 2.45) is 0 Å². The van der Waals surface area contributed by atoms with E-state index >= 15 is 0 Å². The lowest BCUT2D eigenvalue weighted by molar-refractivity contribution is -0.152. The monoisotopic (exact) mass is 826 g/mol. The second-order valence-corrected chi connectivity index (χ2v) is 16.7. The van der Waals surface area contributed by atoms with E-state index < -0.39 is 31.7 Å². The summed E-state index contributed by atoms with van der Waals surface area (Å²) in [5.74, 6) is -1.10. The van der Waals surface area contributed by atoms with Crippen molar-refractivity contribution in [3.8, 4) is 5.75 Å². The van der Waals surface area contributed by atoms with Crippen LogP contribution in [0.25, 0.3) is 0 Å². The van der Waals surface area contributed by atoms with Crippen molar-refractivity contribution in [3.63, 3.8) is 0 Å². The molecule has 0 spiro atoms. The average Bonchev–Trinajstić information content (AvgIpc) is 3.18. The van der Waals surface area contributed by atoms with Gasteiger partial charge in [-0.2, -0.15) is 0 Å². The molecular formula is C45H80NO10P. The number of rotatable bonds is 40. The van der Waals surface area contributed by atoms with Gasteiger partial charge < -0.3 is 29.3 Å². The Morgan fingerprint density at radius 2 is 0.930 bits per heavy atom. The maximum atomic E-state index is 13.2. The fourth-order valence-electron chi connectivity index (χ4n) is 6.64. The molecule has 1 aromatic rings. The lowest BCUT2D eigenvalue weighted by Crippen LogP contribution is -2.43. The summed E-state index contributed by atoms with van der Waals surface area (Å²) in [5, 5.41) is 2.70. The molecule has 0 fully saturated rings. The fourth-order valence-corrected chi connectivity index (χ4v) is 7.01. The third kappa shape index (κ3) is 33.1. The molecule has 0 aliphatic heterocycles. The molecule has 1 atom stereocenters. The van der Waals surface area contributed by atoms with Gasteiger partial charge >= 0.3 is 19.8 Å². The Morgan fingerprint density at radius 1 is 0.544 bits per heavy atom. The molecule has 1 rings (SSSR count). The molecule has 57 heavy (non-hydrogen) atoms. The molecular weight excluding hydrogens is 745 g/mol. The smallest absolute Gasteiger partial charge is 0.469 e. The van der Waals surface area contributed by atoms with Crippen molar-refractivity contribution in [2.45, 2.75) is 206 Å². The fraction of sp³-hybridized carbons (Fsp3) is 0.800. The van der Waals surface area contributed by atoms with Gasteiger partial charge in [-0.25, -0.2) is 9.36 Å². The number of phosphoric acid groups is 1. The molecule has 1 amide bonds. The van der Waals surface area contributed by atoms with E-state index in [9.17, 15) is 18.9 Å². The molecule has 0 heterocycles. The Kier molecular flexibility index (Phi) is 33.8. The van der Waals surface area contributed by atoms with Crippen molar-refractivity contribution in [3.05, 3.63) is 29.8 Å². The van der Waals surface area contributed by atoms with E-state index in [1.54, 1.807) is 24.3 Å². The molecule has 330 valence electrons. The maximum absolute atomic E-state index is 13.2. The van der Waals surface area contributed by atoms with Gasteiger partial charge in [0.25, 0.3) is 5.91 Å². The van der Waals surface area contributed by atoms with Gasteiger partial charge in [0.05, 0.1) is 32.8 Å². The van der Waals surface area contributed by atoms with Gasteiger partial charge in [-0.1, -0.05) is 162 Å². The van der Waals surface area contributed by atoms with Crippen LogP contribution in [0.5, 0.6) is 5.75 Å². The van der Waals surface area contributed by atoms with Crippen LogP contribution in [0.4, 0.5) is 0 Å². The Hall–Kier alpha value is -2.46. The predicted molar refractivity (Wildman–Crippen MR) is 228 cm³/mol. The van der Waals surface area contributed by atoms with E-state index in [0.29, 0.717) is 24.3 Å². The Balaban J connectivity index is 2.48. The molecule has 12 heteroatoms. The number of ether oxygens (including phenoxy) is 3. The van der Waals surface area contributed by atoms with Gasteiger partial charge in [-0.15, -0.1) is 0 Å². The lowest BCUT2D eigenvalue weighted by Gasteiger charge is -2.17. The van der Waals surface area contributed by atoms with Crippen LogP contribution in [0.1, 0.15) is 210 Å². The first-order valence-corrected chi connectivity index (χ1v) is 24.2. The van der Waals surface area contributed by atoms with E-state index in [1.807, 2.05) is 0 Å².